The van der Waals surface area contributed by atoms with Crippen LogP contribution in [0.1, 0.15) is 51.0 Å². The first-order valence-corrected chi connectivity index (χ1v) is 7.53. The fraction of sp³-hybridized carbons (Fsp3) is 0.769. The van der Waals surface area contributed by atoms with E-state index in [-0.39, 0.29) is 0 Å². The highest BCUT2D eigenvalue weighted by Gasteiger charge is 2.29. The summed E-state index contributed by atoms with van der Waals surface area (Å²) in [5.41, 5.74) is 0. The van der Waals surface area contributed by atoms with Gasteiger partial charge in [-0.3, -0.25) is 0 Å². The third-order valence-electron chi connectivity index (χ3n) is 3.21. The van der Waals surface area contributed by atoms with Gasteiger partial charge in [0, 0.05) is 29.7 Å². The Morgan fingerprint density at radius 2 is 2.29 bits per heavy atom. The van der Waals surface area contributed by atoms with Crippen molar-refractivity contribution in [2.24, 2.45) is 0 Å². The Labute approximate surface area is 108 Å². The van der Waals surface area contributed by atoms with Gasteiger partial charge in [0.1, 0.15) is 0 Å². The van der Waals surface area contributed by atoms with Crippen molar-refractivity contribution >= 4 is 16.5 Å². The van der Waals surface area contributed by atoms with Crippen LogP contribution in [-0.4, -0.2) is 24.1 Å². The molecular formula is C13H23N3S. The van der Waals surface area contributed by atoms with Crippen LogP contribution in [0.15, 0.2) is 6.20 Å². The monoisotopic (exact) mass is 253 g/mol. The zero-order chi connectivity index (χ0) is 12.3. The van der Waals surface area contributed by atoms with E-state index >= 15 is 0 Å². The van der Waals surface area contributed by atoms with Gasteiger partial charge >= 0.3 is 0 Å². The first-order chi connectivity index (χ1) is 8.26. The molecule has 1 fully saturated rings. The van der Waals surface area contributed by atoms with Gasteiger partial charge < -0.3 is 10.2 Å². The molecule has 1 aliphatic rings. The zero-order valence-corrected chi connectivity index (χ0v) is 11.9. The fourth-order valence-electron chi connectivity index (χ4n) is 2.01. The molecule has 0 aromatic carbocycles. The van der Waals surface area contributed by atoms with Crippen LogP contribution >= 0.6 is 11.3 Å². The molecule has 1 aliphatic carbocycles. The normalized spacial score (nSPS) is 17.1. The summed E-state index contributed by atoms with van der Waals surface area (Å²) in [6.07, 6.45) is 5.90. The molecule has 1 N–H and O–H groups in total. The van der Waals surface area contributed by atoms with Crippen LogP contribution in [0.3, 0.4) is 0 Å². The van der Waals surface area contributed by atoms with Crippen LogP contribution in [0.25, 0.3) is 0 Å². The minimum atomic E-state index is 0.430. The molecule has 1 atom stereocenters. The topological polar surface area (TPSA) is 28.2 Å². The molecule has 0 radical (unpaired) electrons. The SMILES string of the molecule is CCCNC(C)c1cnc(N(CC)C2CC2)s1. The first kappa shape index (κ1) is 12.8. The number of nitrogens with one attached hydrogen (secondary N) is 1. The van der Waals surface area contributed by atoms with E-state index in [1.54, 1.807) is 0 Å². The largest absolute Gasteiger partial charge is 0.345 e. The summed E-state index contributed by atoms with van der Waals surface area (Å²) in [5, 5.41) is 4.72. The smallest absolute Gasteiger partial charge is 0.185 e. The lowest BCUT2D eigenvalue weighted by Gasteiger charge is -2.18. The van der Waals surface area contributed by atoms with Crippen molar-refractivity contribution in [2.45, 2.75) is 52.1 Å². The van der Waals surface area contributed by atoms with Gasteiger partial charge in [0.25, 0.3) is 0 Å². The number of thiazole rings is 1. The summed E-state index contributed by atoms with van der Waals surface area (Å²) < 4.78 is 0. The standard InChI is InChI=1S/C13H23N3S/c1-4-8-14-10(3)12-9-15-13(17-12)16(5-2)11-6-7-11/h9-11,14H,4-8H2,1-3H3. The molecule has 0 spiro atoms. The van der Waals surface area contributed by atoms with Gasteiger partial charge in [-0.2, -0.15) is 0 Å². The molecular weight excluding hydrogens is 230 g/mol. The van der Waals surface area contributed by atoms with Gasteiger partial charge in [0.15, 0.2) is 5.13 Å². The van der Waals surface area contributed by atoms with E-state index in [1.807, 2.05) is 17.5 Å². The highest BCUT2D eigenvalue weighted by molar-refractivity contribution is 7.15. The van der Waals surface area contributed by atoms with E-state index in [1.165, 1.54) is 29.3 Å². The Balaban J connectivity index is 1.98. The summed E-state index contributed by atoms with van der Waals surface area (Å²) in [6.45, 7) is 8.80. The molecule has 1 aromatic heterocycles. The third kappa shape index (κ3) is 3.19. The molecule has 17 heavy (non-hydrogen) atoms. The van der Waals surface area contributed by atoms with Crippen LogP contribution in [-0.2, 0) is 0 Å². The van der Waals surface area contributed by atoms with Gasteiger partial charge in [0.2, 0.25) is 0 Å². The van der Waals surface area contributed by atoms with Crippen molar-refractivity contribution in [3.05, 3.63) is 11.1 Å². The molecule has 0 amide bonds. The van der Waals surface area contributed by atoms with Crippen molar-refractivity contribution in [1.29, 1.82) is 0 Å². The first-order valence-electron chi connectivity index (χ1n) is 6.72. The van der Waals surface area contributed by atoms with Gasteiger partial charge in [0.05, 0.1) is 0 Å². The lowest BCUT2D eigenvalue weighted by Crippen LogP contribution is -2.24. The van der Waals surface area contributed by atoms with Gasteiger partial charge in [-0.05, 0) is 39.7 Å². The van der Waals surface area contributed by atoms with E-state index in [0.717, 1.165) is 19.1 Å². The number of anilines is 1. The Bertz CT molecular complexity index is 346. The molecule has 1 heterocycles. The van der Waals surface area contributed by atoms with Crippen LogP contribution in [0.5, 0.6) is 0 Å². The maximum absolute atomic E-state index is 4.58. The van der Waals surface area contributed by atoms with E-state index in [2.05, 4.69) is 36.0 Å². The Morgan fingerprint density at radius 1 is 1.53 bits per heavy atom. The summed E-state index contributed by atoms with van der Waals surface area (Å²) in [7, 11) is 0. The minimum Gasteiger partial charge on any atom is -0.345 e. The number of rotatable bonds is 7. The number of hydrogen-bond donors (Lipinski definition) is 1. The Hall–Kier alpha value is -0.610. The Kier molecular flexibility index (Phi) is 4.40. The maximum Gasteiger partial charge on any atom is 0.185 e. The van der Waals surface area contributed by atoms with Crippen LogP contribution in [0, 0.1) is 0 Å². The molecule has 1 aromatic rings. The van der Waals surface area contributed by atoms with Crippen molar-refractivity contribution < 1.29 is 0 Å². The summed E-state index contributed by atoms with van der Waals surface area (Å²) in [4.78, 5) is 8.38. The zero-order valence-electron chi connectivity index (χ0n) is 11.1. The van der Waals surface area contributed by atoms with Crippen LogP contribution < -0.4 is 10.2 Å². The fourth-order valence-corrected chi connectivity index (χ4v) is 3.08. The summed E-state index contributed by atoms with van der Waals surface area (Å²) in [6, 6.07) is 1.19. The molecule has 2 rings (SSSR count). The van der Waals surface area contributed by atoms with Gasteiger partial charge in [-0.15, -0.1) is 11.3 Å². The minimum absolute atomic E-state index is 0.430. The predicted molar refractivity (Wildman–Crippen MR) is 74.9 cm³/mol. The molecule has 96 valence electrons. The molecule has 1 unspecified atom stereocenters. The van der Waals surface area contributed by atoms with Crippen molar-refractivity contribution in [3.8, 4) is 0 Å². The second-order valence-electron chi connectivity index (χ2n) is 4.74. The second kappa shape index (κ2) is 5.83. The quantitative estimate of drug-likeness (QED) is 0.809. The summed E-state index contributed by atoms with van der Waals surface area (Å²) >= 11 is 1.84. The number of nitrogens with zero attached hydrogens (tertiary/aromatic N) is 2. The lowest BCUT2D eigenvalue weighted by molar-refractivity contribution is 0.577. The number of aromatic nitrogens is 1. The number of hydrogen-bond acceptors (Lipinski definition) is 4. The molecule has 3 nitrogen and oxygen atoms in total. The summed E-state index contributed by atoms with van der Waals surface area (Å²) in [5.74, 6) is 0. The molecule has 1 saturated carbocycles. The maximum atomic E-state index is 4.58. The Morgan fingerprint density at radius 3 is 2.88 bits per heavy atom. The highest BCUT2D eigenvalue weighted by Crippen LogP contribution is 2.35. The molecule has 4 heteroatoms. The van der Waals surface area contributed by atoms with Gasteiger partial charge in [-0.1, -0.05) is 6.92 Å². The molecule has 0 saturated heterocycles. The van der Waals surface area contributed by atoms with E-state index in [9.17, 15) is 0 Å². The van der Waals surface area contributed by atoms with Crippen molar-refractivity contribution in [2.75, 3.05) is 18.0 Å². The highest BCUT2D eigenvalue weighted by atomic mass is 32.1. The average Bonchev–Trinajstić information content (AvgIpc) is 3.04. The lowest BCUT2D eigenvalue weighted by atomic mass is 10.3. The molecule has 0 bridgehead atoms. The van der Waals surface area contributed by atoms with Crippen molar-refractivity contribution in [1.82, 2.24) is 10.3 Å². The molecule has 0 aliphatic heterocycles. The van der Waals surface area contributed by atoms with E-state index < -0.39 is 0 Å². The van der Waals surface area contributed by atoms with Crippen LogP contribution in [0.4, 0.5) is 5.13 Å². The van der Waals surface area contributed by atoms with Gasteiger partial charge in [-0.25, -0.2) is 4.98 Å². The average molecular weight is 253 g/mol. The predicted octanol–water partition coefficient (Wildman–Crippen LogP) is 3.19. The second-order valence-corrected chi connectivity index (χ2v) is 5.78. The van der Waals surface area contributed by atoms with E-state index in [0.29, 0.717) is 6.04 Å². The van der Waals surface area contributed by atoms with Crippen LogP contribution in [0.2, 0.25) is 0 Å². The third-order valence-corrected chi connectivity index (χ3v) is 4.43. The van der Waals surface area contributed by atoms with E-state index in [4.69, 9.17) is 0 Å². The van der Waals surface area contributed by atoms with Crippen molar-refractivity contribution in [3.63, 3.8) is 0 Å².